The first-order chi connectivity index (χ1) is 9.49. The van der Waals surface area contributed by atoms with E-state index in [1.165, 1.54) is 24.5 Å². The molecule has 0 saturated heterocycles. The lowest BCUT2D eigenvalue weighted by molar-refractivity contribution is 0.188. The topological polar surface area (TPSA) is 60.2 Å². The molecule has 0 fully saturated rings. The number of aromatic nitrogens is 3. The summed E-state index contributed by atoms with van der Waals surface area (Å²) >= 11 is 0. The molecule has 1 heterocycles. The van der Waals surface area contributed by atoms with Crippen molar-refractivity contribution in [2.45, 2.75) is 39.5 Å². The zero-order valence-corrected chi connectivity index (χ0v) is 11.7. The molecule has 1 N–H and O–H groups in total. The molecular weight excluding hydrogens is 261 g/mol. The average molecular weight is 279 g/mol. The van der Waals surface area contributed by atoms with E-state index in [2.05, 4.69) is 10.1 Å². The maximum atomic E-state index is 13.2. The van der Waals surface area contributed by atoms with Crippen LogP contribution in [0.15, 0.2) is 24.5 Å². The standard InChI is InChI=1S/C14H18FN3O2/c1-9(2)18-14(16-8-17-18)7-20-13-5-4-11(15)6-12(13)10(3)19/h4-6,8-10,19H,7H2,1-3H3/t10-/m1/s1. The first-order valence-electron chi connectivity index (χ1n) is 6.47. The Bertz CT molecular complexity index is 582. The number of hydrogen-bond donors (Lipinski definition) is 1. The van der Waals surface area contributed by atoms with E-state index in [-0.39, 0.29) is 12.6 Å². The van der Waals surface area contributed by atoms with Crippen molar-refractivity contribution in [2.75, 3.05) is 0 Å². The minimum absolute atomic E-state index is 0.181. The van der Waals surface area contributed by atoms with Crippen LogP contribution in [0.2, 0.25) is 0 Å². The summed E-state index contributed by atoms with van der Waals surface area (Å²) in [5, 5.41) is 13.8. The third-order valence-corrected chi connectivity index (χ3v) is 2.92. The highest BCUT2D eigenvalue weighted by Gasteiger charge is 2.13. The number of nitrogens with zero attached hydrogens (tertiary/aromatic N) is 3. The smallest absolute Gasteiger partial charge is 0.165 e. The van der Waals surface area contributed by atoms with Crippen LogP contribution >= 0.6 is 0 Å². The van der Waals surface area contributed by atoms with E-state index in [0.29, 0.717) is 17.1 Å². The number of aliphatic hydroxyl groups is 1. The van der Waals surface area contributed by atoms with Crippen LogP contribution in [-0.2, 0) is 6.61 Å². The molecule has 0 spiro atoms. The van der Waals surface area contributed by atoms with Crippen LogP contribution in [0.1, 0.15) is 44.3 Å². The van der Waals surface area contributed by atoms with E-state index in [1.807, 2.05) is 13.8 Å². The zero-order valence-electron chi connectivity index (χ0n) is 11.7. The van der Waals surface area contributed by atoms with Gasteiger partial charge in [0.25, 0.3) is 0 Å². The molecule has 5 nitrogen and oxygen atoms in total. The molecule has 0 aliphatic heterocycles. The molecule has 20 heavy (non-hydrogen) atoms. The predicted octanol–water partition coefficient (Wildman–Crippen LogP) is 2.63. The molecule has 1 aromatic carbocycles. The van der Waals surface area contributed by atoms with Crippen molar-refractivity contribution in [1.29, 1.82) is 0 Å². The zero-order chi connectivity index (χ0) is 14.7. The van der Waals surface area contributed by atoms with Gasteiger partial charge in [0.1, 0.15) is 24.5 Å². The summed E-state index contributed by atoms with van der Waals surface area (Å²) in [7, 11) is 0. The third-order valence-electron chi connectivity index (χ3n) is 2.92. The van der Waals surface area contributed by atoms with Gasteiger partial charge in [0, 0.05) is 11.6 Å². The highest BCUT2D eigenvalue weighted by molar-refractivity contribution is 5.35. The fourth-order valence-corrected chi connectivity index (χ4v) is 1.93. The minimum atomic E-state index is -0.802. The van der Waals surface area contributed by atoms with Crippen molar-refractivity contribution in [2.24, 2.45) is 0 Å². The largest absolute Gasteiger partial charge is 0.485 e. The Labute approximate surface area is 117 Å². The molecule has 0 saturated carbocycles. The van der Waals surface area contributed by atoms with E-state index in [0.717, 1.165) is 0 Å². The van der Waals surface area contributed by atoms with E-state index in [9.17, 15) is 9.50 Å². The third kappa shape index (κ3) is 3.14. The maximum absolute atomic E-state index is 13.2. The molecule has 0 radical (unpaired) electrons. The van der Waals surface area contributed by atoms with Gasteiger partial charge in [-0.2, -0.15) is 5.10 Å². The van der Waals surface area contributed by atoms with Crippen molar-refractivity contribution < 1.29 is 14.2 Å². The highest BCUT2D eigenvalue weighted by Crippen LogP contribution is 2.26. The summed E-state index contributed by atoms with van der Waals surface area (Å²) in [5.74, 6) is 0.721. The molecule has 2 aromatic rings. The monoisotopic (exact) mass is 279 g/mol. The number of hydrogen-bond acceptors (Lipinski definition) is 4. The van der Waals surface area contributed by atoms with E-state index >= 15 is 0 Å². The Kier molecular flexibility index (Phi) is 4.34. The van der Waals surface area contributed by atoms with E-state index < -0.39 is 11.9 Å². The van der Waals surface area contributed by atoms with E-state index in [4.69, 9.17) is 4.74 Å². The average Bonchev–Trinajstić information content (AvgIpc) is 2.85. The Hall–Kier alpha value is -1.95. The van der Waals surface area contributed by atoms with Crippen LogP contribution < -0.4 is 4.74 Å². The van der Waals surface area contributed by atoms with Gasteiger partial charge in [-0.05, 0) is 39.0 Å². The van der Waals surface area contributed by atoms with Crippen molar-refractivity contribution in [3.05, 3.63) is 41.7 Å². The molecule has 0 bridgehead atoms. The minimum Gasteiger partial charge on any atom is -0.485 e. The molecule has 1 atom stereocenters. The molecular formula is C14H18FN3O2. The quantitative estimate of drug-likeness (QED) is 0.914. The van der Waals surface area contributed by atoms with Gasteiger partial charge in [0.2, 0.25) is 0 Å². The second-order valence-corrected chi connectivity index (χ2v) is 4.86. The molecule has 0 aliphatic carbocycles. The van der Waals surface area contributed by atoms with Crippen molar-refractivity contribution in [3.8, 4) is 5.75 Å². The van der Waals surface area contributed by atoms with Gasteiger partial charge in [-0.25, -0.2) is 14.1 Å². The first-order valence-corrected chi connectivity index (χ1v) is 6.47. The Morgan fingerprint density at radius 2 is 2.10 bits per heavy atom. The summed E-state index contributed by atoms with van der Waals surface area (Å²) < 4.78 is 20.6. The van der Waals surface area contributed by atoms with Gasteiger partial charge in [-0.3, -0.25) is 0 Å². The SMILES string of the molecule is CC(C)n1ncnc1COc1ccc(F)cc1[C@@H](C)O. The highest BCUT2D eigenvalue weighted by atomic mass is 19.1. The lowest BCUT2D eigenvalue weighted by Crippen LogP contribution is -2.11. The summed E-state index contributed by atoms with van der Waals surface area (Å²) in [4.78, 5) is 4.13. The fraction of sp³-hybridized carbons (Fsp3) is 0.429. The number of halogens is 1. The maximum Gasteiger partial charge on any atom is 0.165 e. The lowest BCUT2D eigenvalue weighted by Gasteiger charge is -2.14. The van der Waals surface area contributed by atoms with Crippen LogP contribution in [0.3, 0.4) is 0 Å². The second-order valence-electron chi connectivity index (χ2n) is 4.86. The van der Waals surface area contributed by atoms with Crippen LogP contribution in [-0.4, -0.2) is 19.9 Å². The van der Waals surface area contributed by atoms with Crippen LogP contribution in [0.4, 0.5) is 4.39 Å². The van der Waals surface area contributed by atoms with Gasteiger partial charge in [0.15, 0.2) is 5.82 Å². The predicted molar refractivity (Wildman–Crippen MR) is 71.8 cm³/mol. The van der Waals surface area contributed by atoms with Crippen LogP contribution in [0, 0.1) is 5.82 Å². The van der Waals surface area contributed by atoms with Gasteiger partial charge >= 0.3 is 0 Å². The van der Waals surface area contributed by atoms with Gasteiger partial charge in [0.05, 0.1) is 6.10 Å². The van der Waals surface area contributed by atoms with Crippen molar-refractivity contribution >= 4 is 0 Å². The number of benzene rings is 1. The Balaban J connectivity index is 2.17. The van der Waals surface area contributed by atoms with E-state index in [1.54, 1.807) is 11.6 Å². The molecule has 0 amide bonds. The van der Waals surface area contributed by atoms with Crippen molar-refractivity contribution in [3.63, 3.8) is 0 Å². The second kappa shape index (κ2) is 6.00. The van der Waals surface area contributed by atoms with Gasteiger partial charge in [-0.1, -0.05) is 0 Å². The van der Waals surface area contributed by atoms with Crippen LogP contribution in [0.5, 0.6) is 5.75 Å². The Morgan fingerprint density at radius 3 is 2.75 bits per heavy atom. The number of ether oxygens (including phenoxy) is 1. The van der Waals surface area contributed by atoms with Crippen LogP contribution in [0.25, 0.3) is 0 Å². The van der Waals surface area contributed by atoms with Gasteiger partial charge in [-0.15, -0.1) is 0 Å². The summed E-state index contributed by atoms with van der Waals surface area (Å²) in [5.41, 5.74) is 0.417. The molecule has 2 rings (SSSR count). The molecule has 1 aromatic heterocycles. The number of rotatable bonds is 5. The normalized spacial score (nSPS) is 12.7. The first kappa shape index (κ1) is 14.5. The lowest BCUT2D eigenvalue weighted by atomic mass is 10.1. The Morgan fingerprint density at radius 1 is 1.35 bits per heavy atom. The molecule has 108 valence electrons. The molecule has 0 unspecified atom stereocenters. The molecule has 6 heteroatoms. The number of aliphatic hydroxyl groups excluding tert-OH is 1. The van der Waals surface area contributed by atoms with Gasteiger partial charge < -0.3 is 9.84 Å². The summed E-state index contributed by atoms with van der Waals surface area (Å²) in [6.07, 6.45) is 0.669. The summed E-state index contributed by atoms with van der Waals surface area (Å²) in [6.45, 7) is 5.77. The fourth-order valence-electron chi connectivity index (χ4n) is 1.93. The summed E-state index contributed by atoms with van der Waals surface area (Å²) in [6, 6.07) is 4.26. The van der Waals surface area contributed by atoms with Crippen molar-refractivity contribution in [1.82, 2.24) is 14.8 Å². The molecule has 0 aliphatic rings.